The van der Waals surface area contributed by atoms with E-state index in [9.17, 15) is 8.42 Å². The van der Waals surface area contributed by atoms with Crippen molar-refractivity contribution in [2.75, 3.05) is 34.9 Å². The molecule has 0 bridgehead atoms. The Morgan fingerprint density at radius 2 is 2.29 bits per heavy atom. The molecule has 0 saturated carbocycles. The van der Waals surface area contributed by atoms with E-state index in [1.54, 1.807) is 30.1 Å². The van der Waals surface area contributed by atoms with Gasteiger partial charge in [0.1, 0.15) is 11.2 Å². The Morgan fingerprint density at radius 1 is 1.53 bits per heavy atom. The molecule has 0 aromatic carbocycles. The number of thioether (sulfide) groups is 1. The quantitative estimate of drug-likeness (QED) is 0.850. The highest BCUT2D eigenvalue weighted by Gasteiger charge is 2.31. The second-order valence-corrected chi connectivity index (χ2v) is 7.36. The summed E-state index contributed by atoms with van der Waals surface area (Å²) in [7, 11) is -3.10. The van der Waals surface area contributed by atoms with Crippen LogP contribution in [0.3, 0.4) is 0 Å². The van der Waals surface area contributed by atoms with E-state index in [-0.39, 0.29) is 0 Å². The summed E-state index contributed by atoms with van der Waals surface area (Å²) in [5, 5.41) is -0.489. The van der Waals surface area contributed by atoms with E-state index in [4.69, 9.17) is 5.73 Å². The molecule has 1 atom stereocenters. The molecule has 1 aliphatic heterocycles. The van der Waals surface area contributed by atoms with Crippen molar-refractivity contribution in [2.45, 2.75) is 5.37 Å². The SMILES string of the molecule is CS(=O)(=O)C1CSCCN1c1ccc(N)cn1. The third kappa shape index (κ3) is 2.84. The summed E-state index contributed by atoms with van der Waals surface area (Å²) in [6.07, 6.45) is 2.82. The Kier molecular flexibility index (Phi) is 3.48. The van der Waals surface area contributed by atoms with Crippen molar-refractivity contribution in [2.24, 2.45) is 0 Å². The van der Waals surface area contributed by atoms with Gasteiger partial charge in [-0.2, -0.15) is 11.8 Å². The Balaban J connectivity index is 2.31. The molecular weight excluding hydrogens is 258 g/mol. The highest BCUT2D eigenvalue weighted by Crippen LogP contribution is 2.25. The molecule has 2 heterocycles. The number of nitrogens with zero attached hydrogens (tertiary/aromatic N) is 2. The van der Waals surface area contributed by atoms with Gasteiger partial charge in [-0.25, -0.2) is 13.4 Å². The summed E-state index contributed by atoms with van der Waals surface area (Å²) < 4.78 is 23.5. The second-order valence-electron chi connectivity index (χ2n) is 4.00. The van der Waals surface area contributed by atoms with Crippen molar-refractivity contribution in [3.63, 3.8) is 0 Å². The molecule has 0 spiro atoms. The van der Waals surface area contributed by atoms with Crippen molar-refractivity contribution in [3.8, 4) is 0 Å². The van der Waals surface area contributed by atoms with Crippen LogP contribution in [0, 0.1) is 0 Å². The second kappa shape index (κ2) is 4.73. The van der Waals surface area contributed by atoms with Crippen LogP contribution in [0.2, 0.25) is 0 Å². The fourth-order valence-electron chi connectivity index (χ4n) is 1.77. The van der Waals surface area contributed by atoms with E-state index < -0.39 is 15.2 Å². The maximum atomic E-state index is 11.7. The van der Waals surface area contributed by atoms with E-state index >= 15 is 0 Å². The maximum absolute atomic E-state index is 11.7. The average Bonchev–Trinajstić information content (AvgIpc) is 2.29. The zero-order valence-electron chi connectivity index (χ0n) is 9.54. The number of anilines is 2. The fraction of sp³-hybridized carbons (Fsp3) is 0.500. The number of nitrogens with two attached hydrogens (primary N) is 1. The molecule has 17 heavy (non-hydrogen) atoms. The van der Waals surface area contributed by atoms with Crippen LogP contribution >= 0.6 is 11.8 Å². The van der Waals surface area contributed by atoms with Crippen molar-refractivity contribution < 1.29 is 8.42 Å². The first-order chi connectivity index (χ1) is 7.98. The van der Waals surface area contributed by atoms with Crippen molar-refractivity contribution in [1.29, 1.82) is 0 Å². The number of pyridine rings is 1. The summed E-state index contributed by atoms with van der Waals surface area (Å²) in [5.74, 6) is 2.18. The van der Waals surface area contributed by atoms with Crippen LogP contribution in [0.5, 0.6) is 0 Å². The van der Waals surface area contributed by atoms with Gasteiger partial charge in [-0.1, -0.05) is 0 Å². The fourth-order valence-corrected chi connectivity index (χ4v) is 4.59. The van der Waals surface area contributed by atoms with Gasteiger partial charge < -0.3 is 10.6 Å². The van der Waals surface area contributed by atoms with Crippen molar-refractivity contribution in [1.82, 2.24) is 4.98 Å². The molecule has 1 aromatic heterocycles. The molecule has 7 heteroatoms. The lowest BCUT2D eigenvalue weighted by Crippen LogP contribution is -2.47. The van der Waals surface area contributed by atoms with Crippen LogP contribution in [0.15, 0.2) is 18.3 Å². The van der Waals surface area contributed by atoms with Gasteiger partial charge in [0.15, 0.2) is 9.84 Å². The topological polar surface area (TPSA) is 76.3 Å². The van der Waals surface area contributed by atoms with Crippen LogP contribution in [0.1, 0.15) is 0 Å². The molecule has 94 valence electrons. The first-order valence-electron chi connectivity index (χ1n) is 5.23. The molecule has 2 N–H and O–H groups in total. The molecular formula is C10H15N3O2S2. The highest BCUT2D eigenvalue weighted by molar-refractivity contribution is 8.01. The average molecular weight is 273 g/mol. The molecule has 5 nitrogen and oxygen atoms in total. The van der Waals surface area contributed by atoms with E-state index in [1.807, 2.05) is 4.90 Å². The molecule has 1 unspecified atom stereocenters. The molecule has 0 aliphatic carbocycles. The van der Waals surface area contributed by atoms with Crippen LogP contribution in [-0.4, -0.2) is 43.1 Å². The van der Waals surface area contributed by atoms with Crippen LogP contribution in [-0.2, 0) is 9.84 Å². The third-order valence-electron chi connectivity index (χ3n) is 2.64. The minimum atomic E-state index is -3.10. The zero-order valence-corrected chi connectivity index (χ0v) is 11.2. The Morgan fingerprint density at radius 3 is 2.88 bits per heavy atom. The van der Waals surface area contributed by atoms with Gasteiger partial charge in [0.05, 0.1) is 11.9 Å². The normalized spacial score (nSPS) is 21.5. The predicted octanol–water partition coefficient (Wildman–Crippen LogP) is 0.588. The molecule has 2 rings (SSSR count). The lowest BCUT2D eigenvalue weighted by atomic mass is 10.4. The summed E-state index contributed by atoms with van der Waals surface area (Å²) in [5.41, 5.74) is 6.15. The largest absolute Gasteiger partial charge is 0.397 e. The number of rotatable bonds is 2. The van der Waals surface area contributed by atoms with Gasteiger partial charge in [-0.05, 0) is 12.1 Å². The lowest BCUT2D eigenvalue weighted by molar-refractivity contribution is 0.583. The summed E-state index contributed by atoms with van der Waals surface area (Å²) in [6.45, 7) is 0.694. The van der Waals surface area contributed by atoms with Crippen LogP contribution < -0.4 is 10.6 Å². The molecule has 1 saturated heterocycles. The van der Waals surface area contributed by atoms with Gasteiger partial charge in [0, 0.05) is 24.3 Å². The Hall–Kier alpha value is -0.950. The maximum Gasteiger partial charge on any atom is 0.169 e. The van der Waals surface area contributed by atoms with Crippen LogP contribution in [0.4, 0.5) is 11.5 Å². The van der Waals surface area contributed by atoms with Gasteiger partial charge >= 0.3 is 0 Å². The highest BCUT2D eigenvalue weighted by atomic mass is 32.2. The van der Waals surface area contributed by atoms with E-state index in [0.29, 0.717) is 23.8 Å². The number of hydrogen-bond donors (Lipinski definition) is 1. The van der Waals surface area contributed by atoms with E-state index in [1.165, 1.54) is 6.26 Å². The number of sulfone groups is 1. The molecule has 0 amide bonds. The lowest BCUT2D eigenvalue weighted by Gasteiger charge is -2.34. The first-order valence-corrected chi connectivity index (χ1v) is 8.34. The Labute approximate surface area is 105 Å². The monoisotopic (exact) mass is 273 g/mol. The molecule has 1 aliphatic rings. The van der Waals surface area contributed by atoms with Crippen molar-refractivity contribution in [3.05, 3.63) is 18.3 Å². The number of hydrogen-bond acceptors (Lipinski definition) is 6. The number of nitrogen functional groups attached to an aromatic ring is 1. The zero-order chi connectivity index (χ0) is 12.5. The van der Waals surface area contributed by atoms with Crippen LogP contribution in [0.25, 0.3) is 0 Å². The molecule has 1 aromatic rings. The predicted molar refractivity (Wildman–Crippen MR) is 72.0 cm³/mol. The van der Waals surface area contributed by atoms with Crippen molar-refractivity contribution >= 4 is 33.1 Å². The van der Waals surface area contributed by atoms with E-state index in [2.05, 4.69) is 4.98 Å². The number of aromatic nitrogens is 1. The minimum Gasteiger partial charge on any atom is -0.397 e. The van der Waals surface area contributed by atoms with Gasteiger partial charge in [-0.3, -0.25) is 0 Å². The minimum absolute atomic E-state index is 0.489. The molecule has 1 fully saturated rings. The summed E-state index contributed by atoms with van der Waals surface area (Å²) >= 11 is 1.66. The molecule has 0 radical (unpaired) electrons. The standard InChI is InChI=1S/C10H15N3O2S2/c1-17(14,15)10-7-16-5-4-13(10)9-3-2-8(11)6-12-9/h2-3,6,10H,4-5,7,11H2,1H3. The Bertz CT molecular complexity index is 487. The first kappa shape index (κ1) is 12.5. The van der Waals surface area contributed by atoms with E-state index in [0.717, 1.165) is 5.75 Å². The third-order valence-corrected chi connectivity index (χ3v) is 5.29. The van der Waals surface area contributed by atoms with Gasteiger partial charge in [0.2, 0.25) is 0 Å². The van der Waals surface area contributed by atoms with Gasteiger partial charge in [-0.15, -0.1) is 0 Å². The summed E-state index contributed by atoms with van der Waals surface area (Å²) in [4.78, 5) is 6.03. The smallest absolute Gasteiger partial charge is 0.169 e. The van der Waals surface area contributed by atoms with Gasteiger partial charge in [0.25, 0.3) is 0 Å². The summed E-state index contributed by atoms with van der Waals surface area (Å²) in [6, 6.07) is 3.51.